The number of thioether (sulfide) groups is 1. The molecule has 0 atom stereocenters. The molecule has 0 aliphatic heterocycles. The summed E-state index contributed by atoms with van der Waals surface area (Å²) >= 11 is 1.28. The monoisotopic (exact) mass is 385 g/mol. The summed E-state index contributed by atoms with van der Waals surface area (Å²) in [5, 5.41) is 11.7. The van der Waals surface area contributed by atoms with Crippen LogP contribution in [0.4, 0.5) is 5.69 Å². The van der Waals surface area contributed by atoms with E-state index in [1.165, 1.54) is 22.4 Å². The summed E-state index contributed by atoms with van der Waals surface area (Å²) in [6, 6.07) is 10.4. The van der Waals surface area contributed by atoms with Crippen LogP contribution in [0.25, 0.3) is 11.4 Å². The third-order valence-electron chi connectivity index (χ3n) is 3.86. The number of rotatable bonds is 6. The molecule has 140 valence electrons. The average molecular weight is 385 g/mol. The topological polar surface area (TPSA) is 91.0 Å². The molecule has 8 nitrogen and oxygen atoms in total. The largest absolute Gasteiger partial charge is 0.497 e. The van der Waals surface area contributed by atoms with Gasteiger partial charge in [-0.05, 0) is 18.2 Å². The van der Waals surface area contributed by atoms with Crippen LogP contribution in [0.15, 0.2) is 52.5 Å². The zero-order chi connectivity index (χ0) is 19.4. The van der Waals surface area contributed by atoms with Gasteiger partial charge in [-0.2, -0.15) is 0 Å². The Bertz CT molecular complexity index is 1030. The van der Waals surface area contributed by atoms with Gasteiger partial charge in [0.25, 0.3) is 0 Å². The Morgan fingerprint density at radius 1 is 1.22 bits per heavy atom. The Morgan fingerprint density at radius 3 is 2.78 bits per heavy atom. The smallest absolute Gasteiger partial charge is 0.250 e. The number of carbonyl (C=O) groups excluding carboxylic acids is 1. The van der Waals surface area contributed by atoms with Crippen molar-refractivity contribution >= 4 is 23.4 Å². The van der Waals surface area contributed by atoms with Crippen LogP contribution in [0, 0.1) is 0 Å². The van der Waals surface area contributed by atoms with Crippen molar-refractivity contribution in [3.05, 3.63) is 52.9 Å². The van der Waals surface area contributed by atoms with Crippen LogP contribution in [0.1, 0.15) is 0 Å². The first-order chi connectivity index (χ1) is 13.0. The van der Waals surface area contributed by atoms with Crippen LogP contribution >= 0.6 is 11.8 Å². The molecule has 9 heteroatoms. The molecule has 3 aromatic rings. The van der Waals surface area contributed by atoms with E-state index in [0.29, 0.717) is 22.4 Å². The van der Waals surface area contributed by atoms with E-state index in [-0.39, 0.29) is 17.2 Å². The van der Waals surface area contributed by atoms with E-state index in [0.717, 1.165) is 5.56 Å². The molecule has 0 radical (unpaired) electrons. The van der Waals surface area contributed by atoms with Gasteiger partial charge in [-0.15, -0.1) is 10.2 Å². The molecule has 1 aromatic carbocycles. The summed E-state index contributed by atoms with van der Waals surface area (Å²) in [6.45, 7) is 0. The van der Waals surface area contributed by atoms with Crippen LogP contribution in [-0.2, 0) is 18.9 Å². The molecule has 2 heterocycles. The van der Waals surface area contributed by atoms with Crippen molar-refractivity contribution in [2.45, 2.75) is 5.16 Å². The average Bonchev–Trinajstić information content (AvgIpc) is 3.03. The lowest BCUT2D eigenvalue weighted by molar-refractivity contribution is -0.113. The van der Waals surface area contributed by atoms with E-state index >= 15 is 0 Å². The summed E-state index contributed by atoms with van der Waals surface area (Å²) in [7, 11) is 5.08. The van der Waals surface area contributed by atoms with E-state index < -0.39 is 0 Å². The first-order valence-electron chi connectivity index (χ1n) is 8.11. The number of nitrogens with zero attached hydrogens (tertiary/aromatic N) is 4. The van der Waals surface area contributed by atoms with Crippen molar-refractivity contribution < 1.29 is 9.53 Å². The van der Waals surface area contributed by atoms with Gasteiger partial charge in [0.05, 0.1) is 12.9 Å². The molecule has 3 rings (SSSR count). The molecule has 1 amide bonds. The Labute approximate surface area is 160 Å². The van der Waals surface area contributed by atoms with E-state index in [1.807, 2.05) is 19.2 Å². The van der Waals surface area contributed by atoms with E-state index in [9.17, 15) is 9.59 Å². The zero-order valence-electron chi connectivity index (χ0n) is 15.2. The molecule has 1 N–H and O–H groups in total. The second-order valence-electron chi connectivity index (χ2n) is 5.80. The van der Waals surface area contributed by atoms with Crippen molar-refractivity contribution in [2.24, 2.45) is 14.1 Å². The minimum absolute atomic E-state index is 0.0928. The number of aromatic nitrogens is 4. The Kier molecular flexibility index (Phi) is 5.60. The highest BCUT2D eigenvalue weighted by atomic mass is 32.2. The highest BCUT2D eigenvalue weighted by molar-refractivity contribution is 7.99. The van der Waals surface area contributed by atoms with Crippen molar-refractivity contribution in [3.8, 4) is 17.1 Å². The summed E-state index contributed by atoms with van der Waals surface area (Å²) < 4.78 is 8.42. The number of hydrogen-bond acceptors (Lipinski definition) is 6. The molecule has 0 aliphatic carbocycles. The Balaban J connectivity index is 1.66. The second kappa shape index (κ2) is 8.09. The van der Waals surface area contributed by atoms with Crippen molar-refractivity contribution in [2.75, 3.05) is 18.2 Å². The molecule has 0 unspecified atom stereocenters. The summed E-state index contributed by atoms with van der Waals surface area (Å²) in [5.41, 5.74) is 1.35. The minimum atomic E-state index is -0.153. The number of methoxy groups -OCH3 is 1. The first-order valence-corrected chi connectivity index (χ1v) is 9.09. The van der Waals surface area contributed by atoms with Gasteiger partial charge in [0.1, 0.15) is 5.75 Å². The standard InChI is InChI=1S/C18H19N5O3S/c1-22-10-12(7-8-16(22)25)17-20-21-18(23(17)2)27-11-15(24)19-13-5-4-6-14(9-13)26-3/h4-10H,11H2,1-3H3,(H,19,24). The molecule has 0 spiro atoms. The number of benzene rings is 1. The van der Waals surface area contributed by atoms with Gasteiger partial charge in [0.2, 0.25) is 11.5 Å². The van der Waals surface area contributed by atoms with Gasteiger partial charge in [0, 0.05) is 43.7 Å². The maximum atomic E-state index is 12.2. The maximum absolute atomic E-state index is 12.2. The quantitative estimate of drug-likeness (QED) is 0.652. The number of hydrogen-bond donors (Lipinski definition) is 1. The number of pyridine rings is 1. The molecule has 0 fully saturated rings. The van der Waals surface area contributed by atoms with Gasteiger partial charge in [-0.25, -0.2) is 0 Å². The fourth-order valence-electron chi connectivity index (χ4n) is 2.45. The fourth-order valence-corrected chi connectivity index (χ4v) is 3.16. The van der Waals surface area contributed by atoms with Crippen molar-refractivity contribution in [1.82, 2.24) is 19.3 Å². The van der Waals surface area contributed by atoms with E-state index in [2.05, 4.69) is 15.5 Å². The lowest BCUT2D eigenvalue weighted by Gasteiger charge is -2.07. The molecule has 0 saturated carbocycles. The third kappa shape index (κ3) is 4.37. The molecular formula is C18H19N5O3S. The number of aryl methyl sites for hydroxylation is 1. The first kappa shape index (κ1) is 18.7. The fraction of sp³-hybridized carbons (Fsp3) is 0.222. The highest BCUT2D eigenvalue weighted by Gasteiger charge is 2.13. The van der Waals surface area contributed by atoms with Crippen LogP contribution in [-0.4, -0.2) is 38.1 Å². The van der Waals surface area contributed by atoms with Gasteiger partial charge in [-0.1, -0.05) is 17.8 Å². The molecule has 2 aromatic heterocycles. The van der Waals surface area contributed by atoms with E-state index in [4.69, 9.17) is 4.74 Å². The van der Waals surface area contributed by atoms with Crippen molar-refractivity contribution in [3.63, 3.8) is 0 Å². The number of ether oxygens (including phenoxy) is 1. The predicted octanol–water partition coefficient (Wildman–Crippen LogP) is 1.92. The second-order valence-corrected chi connectivity index (χ2v) is 6.74. The molecular weight excluding hydrogens is 366 g/mol. The van der Waals surface area contributed by atoms with E-state index in [1.54, 1.807) is 43.1 Å². The normalized spacial score (nSPS) is 10.6. The predicted molar refractivity (Wildman–Crippen MR) is 104 cm³/mol. The van der Waals surface area contributed by atoms with Crippen LogP contribution in [0.5, 0.6) is 5.75 Å². The van der Waals surface area contributed by atoms with Crippen LogP contribution in [0.3, 0.4) is 0 Å². The molecule has 0 saturated heterocycles. The molecule has 27 heavy (non-hydrogen) atoms. The van der Waals surface area contributed by atoms with Gasteiger partial charge < -0.3 is 19.2 Å². The third-order valence-corrected chi connectivity index (χ3v) is 4.89. The molecule has 0 aliphatic rings. The summed E-state index contributed by atoms with van der Waals surface area (Å²) in [6.07, 6.45) is 1.70. The lowest BCUT2D eigenvalue weighted by atomic mass is 10.2. The minimum Gasteiger partial charge on any atom is -0.497 e. The number of amides is 1. The Hall–Kier alpha value is -3.07. The Morgan fingerprint density at radius 2 is 2.04 bits per heavy atom. The van der Waals surface area contributed by atoms with Gasteiger partial charge >= 0.3 is 0 Å². The van der Waals surface area contributed by atoms with Crippen LogP contribution in [0.2, 0.25) is 0 Å². The number of nitrogens with one attached hydrogen (secondary N) is 1. The maximum Gasteiger partial charge on any atom is 0.250 e. The SMILES string of the molecule is COc1cccc(NC(=O)CSc2nnc(-c3ccc(=O)n(C)c3)n2C)c1. The number of anilines is 1. The summed E-state index contributed by atoms with van der Waals surface area (Å²) in [4.78, 5) is 23.7. The lowest BCUT2D eigenvalue weighted by Crippen LogP contribution is -2.15. The van der Waals surface area contributed by atoms with Crippen molar-refractivity contribution in [1.29, 1.82) is 0 Å². The highest BCUT2D eigenvalue weighted by Crippen LogP contribution is 2.22. The zero-order valence-corrected chi connectivity index (χ0v) is 16.0. The van der Waals surface area contributed by atoms with Gasteiger partial charge in [0.15, 0.2) is 11.0 Å². The van der Waals surface area contributed by atoms with Crippen LogP contribution < -0.4 is 15.6 Å². The number of carbonyl (C=O) groups is 1. The van der Waals surface area contributed by atoms with Gasteiger partial charge in [-0.3, -0.25) is 9.59 Å². The molecule has 0 bridgehead atoms. The summed E-state index contributed by atoms with van der Waals surface area (Å²) in [5.74, 6) is 1.34.